The third kappa shape index (κ3) is 2.99. The van der Waals surface area contributed by atoms with Crippen LogP contribution in [0.5, 0.6) is 5.75 Å². The van der Waals surface area contributed by atoms with Crippen LogP contribution in [0.2, 0.25) is 0 Å². The van der Waals surface area contributed by atoms with E-state index < -0.39 is 5.54 Å². The molecule has 0 radical (unpaired) electrons. The summed E-state index contributed by atoms with van der Waals surface area (Å²) in [6.45, 7) is 3.75. The number of carbonyl (C=O) groups excluding carboxylic acids is 2. The molecule has 1 atom stereocenters. The molecule has 134 valence electrons. The number of benzene rings is 1. The molecular formula is C19H25N3O3. The lowest BCUT2D eigenvalue weighted by Crippen LogP contribution is -2.61. The molecule has 6 heteroatoms. The molecule has 0 aromatic heterocycles. The molecule has 1 aromatic rings. The smallest absolute Gasteiger partial charge is 0.245 e. The highest BCUT2D eigenvalue weighted by Crippen LogP contribution is 2.36. The first-order valence-electron chi connectivity index (χ1n) is 9.21. The molecule has 2 saturated heterocycles. The van der Waals surface area contributed by atoms with Gasteiger partial charge in [-0.05, 0) is 31.7 Å². The Labute approximate surface area is 148 Å². The van der Waals surface area contributed by atoms with Crippen LogP contribution in [-0.2, 0) is 16.1 Å². The SMILES string of the molecule is O=C(CN1CCOc2ccccc2C1)N1CCCC12CCCNC2=O. The van der Waals surface area contributed by atoms with E-state index in [2.05, 4.69) is 10.2 Å². The van der Waals surface area contributed by atoms with Gasteiger partial charge in [0.05, 0.1) is 6.54 Å². The Morgan fingerprint density at radius 1 is 1.20 bits per heavy atom. The van der Waals surface area contributed by atoms with Crippen molar-refractivity contribution in [3.05, 3.63) is 29.8 Å². The number of hydrogen-bond acceptors (Lipinski definition) is 4. The third-order valence-corrected chi connectivity index (χ3v) is 5.66. The zero-order chi connectivity index (χ0) is 17.3. The number of nitrogens with zero attached hydrogens (tertiary/aromatic N) is 2. The lowest BCUT2D eigenvalue weighted by molar-refractivity contribution is -0.147. The number of likely N-dealkylation sites (tertiary alicyclic amines) is 1. The van der Waals surface area contributed by atoms with Crippen molar-refractivity contribution in [2.24, 2.45) is 0 Å². The second-order valence-electron chi connectivity index (χ2n) is 7.21. The Morgan fingerprint density at radius 2 is 2.04 bits per heavy atom. The standard InChI is InChI=1S/C19H25N3O3/c23-17(22-10-4-8-19(22)7-3-9-20-18(19)24)14-21-11-12-25-16-6-2-1-5-15(16)13-21/h1-2,5-6H,3-4,7-14H2,(H,20,24). The van der Waals surface area contributed by atoms with Gasteiger partial charge in [-0.1, -0.05) is 18.2 Å². The van der Waals surface area contributed by atoms with E-state index in [0.717, 1.165) is 43.5 Å². The largest absolute Gasteiger partial charge is 0.492 e. The molecular weight excluding hydrogens is 318 g/mol. The van der Waals surface area contributed by atoms with Crippen LogP contribution in [0.25, 0.3) is 0 Å². The molecule has 6 nitrogen and oxygen atoms in total. The van der Waals surface area contributed by atoms with Crippen molar-refractivity contribution >= 4 is 11.8 Å². The molecule has 25 heavy (non-hydrogen) atoms. The highest BCUT2D eigenvalue weighted by molar-refractivity contribution is 5.93. The Hall–Kier alpha value is -2.08. The average molecular weight is 343 g/mol. The predicted octanol–water partition coefficient (Wildman–Crippen LogP) is 1.15. The van der Waals surface area contributed by atoms with E-state index in [1.54, 1.807) is 0 Å². The van der Waals surface area contributed by atoms with Crippen LogP contribution in [0.15, 0.2) is 24.3 Å². The predicted molar refractivity (Wildman–Crippen MR) is 93.1 cm³/mol. The molecule has 0 saturated carbocycles. The van der Waals surface area contributed by atoms with E-state index in [0.29, 0.717) is 32.8 Å². The first-order valence-corrected chi connectivity index (χ1v) is 9.21. The monoisotopic (exact) mass is 343 g/mol. The van der Waals surface area contributed by atoms with Gasteiger partial charge in [0.15, 0.2) is 0 Å². The summed E-state index contributed by atoms with van der Waals surface area (Å²) < 4.78 is 5.78. The molecule has 1 unspecified atom stereocenters. The van der Waals surface area contributed by atoms with Gasteiger partial charge in [-0.25, -0.2) is 0 Å². The maximum atomic E-state index is 13.0. The Bertz CT molecular complexity index is 678. The van der Waals surface area contributed by atoms with Crippen molar-refractivity contribution in [1.29, 1.82) is 0 Å². The molecule has 0 bridgehead atoms. The highest BCUT2D eigenvalue weighted by Gasteiger charge is 2.50. The molecule has 1 aromatic carbocycles. The maximum Gasteiger partial charge on any atom is 0.245 e. The fourth-order valence-corrected chi connectivity index (χ4v) is 4.39. The van der Waals surface area contributed by atoms with Crippen molar-refractivity contribution < 1.29 is 14.3 Å². The normalized spacial score (nSPS) is 26.7. The Kier molecular flexibility index (Phi) is 4.37. The summed E-state index contributed by atoms with van der Waals surface area (Å²) in [5.41, 5.74) is 0.509. The minimum Gasteiger partial charge on any atom is -0.492 e. The lowest BCUT2D eigenvalue weighted by Gasteiger charge is -2.40. The number of rotatable bonds is 2. The molecule has 2 amide bonds. The fourth-order valence-electron chi connectivity index (χ4n) is 4.39. The summed E-state index contributed by atoms with van der Waals surface area (Å²) in [6, 6.07) is 7.98. The van der Waals surface area contributed by atoms with Gasteiger partial charge in [0, 0.05) is 31.7 Å². The van der Waals surface area contributed by atoms with E-state index >= 15 is 0 Å². The van der Waals surface area contributed by atoms with E-state index in [1.165, 1.54) is 0 Å². The van der Waals surface area contributed by atoms with Crippen molar-refractivity contribution in [3.63, 3.8) is 0 Å². The second kappa shape index (κ2) is 6.67. The van der Waals surface area contributed by atoms with E-state index in [4.69, 9.17) is 4.74 Å². The summed E-state index contributed by atoms with van der Waals surface area (Å²) in [5, 5.41) is 2.96. The van der Waals surface area contributed by atoms with Crippen LogP contribution in [0, 0.1) is 0 Å². The van der Waals surface area contributed by atoms with E-state index in [9.17, 15) is 9.59 Å². The molecule has 3 aliphatic rings. The van der Waals surface area contributed by atoms with Gasteiger partial charge in [-0.15, -0.1) is 0 Å². The number of carbonyl (C=O) groups is 2. The second-order valence-corrected chi connectivity index (χ2v) is 7.21. The molecule has 0 aliphatic carbocycles. The summed E-state index contributed by atoms with van der Waals surface area (Å²) >= 11 is 0. The van der Waals surface area contributed by atoms with Gasteiger partial charge in [-0.2, -0.15) is 0 Å². The molecule has 2 fully saturated rings. The average Bonchev–Trinajstić information content (AvgIpc) is 2.92. The number of nitrogens with one attached hydrogen (secondary N) is 1. The summed E-state index contributed by atoms with van der Waals surface area (Å²) in [5.74, 6) is 1.00. The van der Waals surface area contributed by atoms with Crippen molar-refractivity contribution in [2.75, 3.05) is 32.8 Å². The van der Waals surface area contributed by atoms with Gasteiger partial charge >= 0.3 is 0 Å². The Balaban J connectivity index is 1.47. The first kappa shape index (κ1) is 16.4. The van der Waals surface area contributed by atoms with E-state index in [1.807, 2.05) is 29.2 Å². The maximum absolute atomic E-state index is 13.0. The van der Waals surface area contributed by atoms with Gasteiger partial charge in [0.25, 0.3) is 0 Å². The molecule has 4 rings (SSSR count). The summed E-state index contributed by atoms with van der Waals surface area (Å²) in [7, 11) is 0. The number of para-hydroxylation sites is 1. The number of piperidine rings is 1. The summed E-state index contributed by atoms with van der Waals surface area (Å²) in [4.78, 5) is 29.5. The van der Waals surface area contributed by atoms with Crippen LogP contribution in [0.4, 0.5) is 0 Å². The van der Waals surface area contributed by atoms with Gasteiger partial charge in [0.1, 0.15) is 17.9 Å². The van der Waals surface area contributed by atoms with Crippen LogP contribution < -0.4 is 10.1 Å². The number of fused-ring (bicyclic) bond motifs is 1. The van der Waals surface area contributed by atoms with Gasteiger partial charge in [0.2, 0.25) is 11.8 Å². The number of ether oxygens (including phenoxy) is 1. The van der Waals surface area contributed by atoms with Crippen molar-refractivity contribution in [2.45, 2.75) is 37.8 Å². The topological polar surface area (TPSA) is 61.9 Å². The van der Waals surface area contributed by atoms with Crippen LogP contribution in [-0.4, -0.2) is 59.9 Å². The van der Waals surface area contributed by atoms with Crippen LogP contribution >= 0.6 is 0 Å². The van der Waals surface area contributed by atoms with E-state index in [-0.39, 0.29) is 11.8 Å². The zero-order valence-corrected chi connectivity index (χ0v) is 14.5. The lowest BCUT2D eigenvalue weighted by atomic mass is 9.86. The zero-order valence-electron chi connectivity index (χ0n) is 14.5. The fraction of sp³-hybridized carbons (Fsp3) is 0.579. The number of hydrogen-bond donors (Lipinski definition) is 1. The van der Waals surface area contributed by atoms with Crippen molar-refractivity contribution in [3.8, 4) is 5.75 Å². The summed E-state index contributed by atoms with van der Waals surface area (Å²) in [6.07, 6.45) is 3.43. The Morgan fingerprint density at radius 3 is 2.92 bits per heavy atom. The minimum atomic E-state index is -0.602. The first-order chi connectivity index (χ1) is 12.2. The molecule has 1 spiro atoms. The highest BCUT2D eigenvalue weighted by atomic mass is 16.5. The van der Waals surface area contributed by atoms with Crippen molar-refractivity contribution in [1.82, 2.24) is 15.1 Å². The van der Waals surface area contributed by atoms with Gasteiger partial charge in [-0.3, -0.25) is 14.5 Å². The van der Waals surface area contributed by atoms with Gasteiger partial charge < -0.3 is 15.0 Å². The van der Waals surface area contributed by atoms with Crippen LogP contribution in [0.1, 0.15) is 31.2 Å². The molecule has 3 aliphatic heterocycles. The molecule has 3 heterocycles. The minimum absolute atomic E-state index is 0.0362. The quantitative estimate of drug-likeness (QED) is 0.875. The van der Waals surface area contributed by atoms with Crippen LogP contribution in [0.3, 0.4) is 0 Å². The molecule has 1 N–H and O–H groups in total. The third-order valence-electron chi connectivity index (χ3n) is 5.66. The number of amides is 2.